The van der Waals surface area contributed by atoms with Crippen LogP contribution in [0.5, 0.6) is 0 Å². The molecule has 0 unspecified atom stereocenters. The lowest BCUT2D eigenvalue weighted by atomic mass is 9.86. The van der Waals surface area contributed by atoms with Crippen molar-refractivity contribution in [1.29, 1.82) is 0 Å². The van der Waals surface area contributed by atoms with Crippen LogP contribution in [0.15, 0.2) is 0 Å². The topological polar surface area (TPSA) is 57.2 Å². The number of carboxylic acid groups (broad SMARTS) is 1. The number of Topliss-reactive ketones (excluding diaryl/α,β-unsaturated/α-hetero) is 1. The Morgan fingerprint density at radius 3 is 2.91 bits per heavy atom. The minimum atomic E-state index is -1.04. The number of hydrogen-bond acceptors (Lipinski definition) is 3. The Labute approximate surface area is 65.4 Å². The van der Waals surface area contributed by atoms with E-state index in [4.69, 9.17) is 0 Å². The van der Waals surface area contributed by atoms with Crippen LogP contribution in [-0.4, -0.2) is 11.8 Å². The van der Waals surface area contributed by atoms with Gasteiger partial charge in [-0.25, -0.2) is 0 Å². The first kappa shape index (κ1) is 8.24. The molecule has 0 heterocycles. The van der Waals surface area contributed by atoms with E-state index < -0.39 is 5.97 Å². The second kappa shape index (κ2) is 3.51. The molecule has 0 aromatic heterocycles. The van der Waals surface area contributed by atoms with Crippen molar-refractivity contribution in [2.45, 2.75) is 32.1 Å². The van der Waals surface area contributed by atoms with Crippen molar-refractivity contribution in [3.05, 3.63) is 0 Å². The molecular weight excluding hydrogens is 144 g/mol. The average molecular weight is 155 g/mol. The highest BCUT2D eigenvalue weighted by atomic mass is 16.4. The summed E-state index contributed by atoms with van der Waals surface area (Å²) in [5.41, 5.74) is 0. The highest BCUT2D eigenvalue weighted by Crippen LogP contribution is 2.23. The van der Waals surface area contributed by atoms with Gasteiger partial charge in [0, 0.05) is 18.8 Å². The maximum Gasteiger partial charge on any atom is 0.133 e. The van der Waals surface area contributed by atoms with E-state index in [2.05, 4.69) is 0 Å². The Morgan fingerprint density at radius 2 is 2.36 bits per heavy atom. The predicted molar refractivity (Wildman–Crippen MR) is 36.6 cm³/mol. The van der Waals surface area contributed by atoms with E-state index in [0.29, 0.717) is 12.8 Å². The first-order valence-electron chi connectivity index (χ1n) is 3.90. The van der Waals surface area contributed by atoms with Crippen molar-refractivity contribution in [3.63, 3.8) is 0 Å². The molecule has 0 aromatic rings. The lowest BCUT2D eigenvalue weighted by Crippen LogP contribution is -2.27. The molecule has 0 N–H and O–H groups in total. The highest BCUT2D eigenvalue weighted by Gasteiger charge is 2.18. The van der Waals surface area contributed by atoms with Gasteiger partial charge in [0.1, 0.15) is 5.78 Å². The smallest absolute Gasteiger partial charge is 0.133 e. The molecule has 1 saturated carbocycles. The van der Waals surface area contributed by atoms with Crippen LogP contribution in [0, 0.1) is 5.92 Å². The van der Waals surface area contributed by atoms with E-state index in [1.54, 1.807) is 0 Å². The molecule has 0 aliphatic heterocycles. The second-order valence-electron chi connectivity index (χ2n) is 3.08. The van der Waals surface area contributed by atoms with Crippen molar-refractivity contribution in [3.8, 4) is 0 Å². The van der Waals surface area contributed by atoms with Crippen molar-refractivity contribution in [1.82, 2.24) is 0 Å². The Kier molecular flexibility index (Phi) is 2.63. The minimum Gasteiger partial charge on any atom is -0.550 e. The molecule has 11 heavy (non-hydrogen) atoms. The fourth-order valence-corrected chi connectivity index (χ4v) is 1.52. The molecular formula is C8H11O3-. The molecule has 1 aliphatic rings. The fraction of sp³-hybridized carbons (Fsp3) is 0.750. The van der Waals surface area contributed by atoms with Crippen LogP contribution in [0.1, 0.15) is 32.1 Å². The van der Waals surface area contributed by atoms with E-state index in [1.807, 2.05) is 0 Å². The van der Waals surface area contributed by atoms with Crippen LogP contribution in [0.2, 0.25) is 0 Å². The van der Waals surface area contributed by atoms with Crippen LogP contribution < -0.4 is 5.11 Å². The van der Waals surface area contributed by atoms with E-state index in [0.717, 1.165) is 12.8 Å². The largest absolute Gasteiger partial charge is 0.550 e. The van der Waals surface area contributed by atoms with Gasteiger partial charge in [-0.1, -0.05) is 0 Å². The summed E-state index contributed by atoms with van der Waals surface area (Å²) in [7, 11) is 0. The molecule has 0 aromatic carbocycles. The van der Waals surface area contributed by atoms with Crippen molar-refractivity contribution >= 4 is 11.8 Å². The maximum absolute atomic E-state index is 10.8. The third kappa shape index (κ3) is 2.70. The Morgan fingerprint density at radius 1 is 1.64 bits per heavy atom. The summed E-state index contributed by atoms with van der Waals surface area (Å²) in [5, 5.41) is 10.2. The normalized spacial score (nSPS) is 25.1. The third-order valence-electron chi connectivity index (χ3n) is 2.04. The van der Waals surface area contributed by atoms with Gasteiger partial charge in [0.25, 0.3) is 0 Å². The standard InChI is InChI=1S/C8H12O3/c9-7-3-1-2-6(4-7)5-8(10)11/h6H,1-5H2,(H,10,11)/p-1/t6-/m1/s1. The number of rotatable bonds is 2. The number of ketones is 1. The molecule has 0 saturated heterocycles. The summed E-state index contributed by atoms with van der Waals surface area (Å²) in [4.78, 5) is 21.0. The molecule has 0 bridgehead atoms. The molecule has 1 fully saturated rings. The number of carbonyl (C=O) groups excluding carboxylic acids is 2. The number of carbonyl (C=O) groups is 2. The summed E-state index contributed by atoms with van der Waals surface area (Å²) in [6.07, 6.45) is 2.82. The third-order valence-corrected chi connectivity index (χ3v) is 2.04. The summed E-state index contributed by atoms with van der Waals surface area (Å²) >= 11 is 0. The first-order chi connectivity index (χ1) is 5.18. The van der Waals surface area contributed by atoms with Gasteiger partial charge in [-0.3, -0.25) is 4.79 Å². The van der Waals surface area contributed by atoms with E-state index in [1.165, 1.54) is 0 Å². The molecule has 0 spiro atoms. The number of carboxylic acids is 1. The van der Waals surface area contributed by atoms with Gasteiger partial charge in [-0.2, -0.15) is 0 Å². The Balaban J connectivity index is 2.34. The fourth-order valence-electron chi connectivity index (χ4n) is 1.52. The van der Waals surface area contributed by atoms with Gasteiger partial charge in [0.05, 0.1) is 0 Å². The summed E-state index contributed by atoms with van der Waals surface area (Å²) in [6, 6.07) is 0. The van der Waals surface area contributed by atoms with Crippen LogP contribution in [0.3, 0.4) is 0 Å². The predicted octanol–water partition coefficient (Wildman–Crippen LogP) is -0.114. The van der Waals surface area contributed by atoms with Gasteiger partial charge in [0.15, 0.2) is 0 Å². The minimum absolute atomic E-state index is 0.0428. The molecule has 1 atom stereocenters. The van der Waals surface area contributed by atoms with Crippen LogP contribution in [0.4, 0.5) is 0 Å². The summed E-state index contributed by atoms with van der Waals surface area (Å²) in [6.45, 7) is 0. The number of aliphatic carboxylic acids is 1. The molecule has 3 nitrogen and oxygen atoms in total. The first-order valence-corrected chi connectivity index (χ1v) is 3.90. The van der Waals surface area contributed by atoms with Gasteiger partial charge in [0.2, 0.25) is 0 Å². The zero-order valence-corrected chi connectivity index (χ0v) is 6.34. The zero-order valence-electron chi connectivity index (χ0n) is 6.34. The summed E-state index contributed by atoms with van der Waals surface area (Å²) < 4.78 is 0. The zero-order chi connectivity index (χ0) is 8.27. The van der Waals surface area contributed by atoms with Gasteiger partial charge in [-0.05, 0) is 25.2 Å². The SMILES string of the molecule is O=C([O-])C[C@@H]1CCCC(=O)C1. The lowest BCUT2D eigenvalue weighted by Gasteiger charge is -2.20. The molecule has 62 valence electrons. The molecule has 3 heteroatoms. The second-order valence-corrected chi connectivity index (χ2v) is 3.08. The van der Waals surface area contributed by atoms with Crippen molar-refractivity contribution < 1.29 is 14.7 Å². The van der Waals surface area contributed by atoms with E-state index in [-0.39, 0.29) is 18.1 Å². The maximum atomic E-state index is 10.8. The van der Waals surface area contributed by atoms with Gasteiger partial charge >= 0.3 is 0 Å². The number of hydrogen-bond donors (Lipinski definition) is 0. The molecule has 1 aliphatic carbocycles. The van der Waals surface area contributed by atoms with E-state index >= 15 is 0 Å². The molecule has 0 amide bonds. The highest BCUT2D eigenvalue weighted by molar-refractivity contribution is 5.80. The lowest BCUT2D eigenvalue weighted by molar-refractivity contribution is -0.306. The Hall–Kier alpha value is -0.860. The quantitative estimate of drug-likeness (QED) is 0.558. The van der Waals surface area contributed by atoms with E-state index in [9.17, 15) is 14.7 Å². The average Bonchev–Trinajstić information content (AvgIpc) is 1.85. The Bertz CT molecular complexity index is 172. The summed E-state index contributed by atoms with van der Waals surface area (Å²) in [5.74, 6) is -0.798. The van der Waals surface area contributed by atoms with Gasteiger partial charge < -0.3 is 9.90 Å². The van der Waals surface area contributed by atoms with Crippen LogP contribution >= 0.6 is 0 Å². The van der Waals surface area contributed by atoms with Crippen molar-refractivity contribution in [2.75, 3.05) is 0 Å². The van der Waals surface area contributed by atoms with Crippen molar-refractivity contribution in [2.24, 2.45) is 5.92 Å². The van der Waals surface area contributed by atoms with Crippen LogP contribution in [-0.2, 0) is 9.59 Å². The molecule has 1 rings (SSSR count). The molecule has 0 radical (unpaired) electrons. The van der Waals surface area contributed by atoms with Gasteiger partial charge in [-0.15, -0.1) is 0 Å². The monoisotopic (exact) mass is 155 g/mol. The van der Waals surface area contributed by atoms with Crippen LogP contribution in [0.25, 0.3) is 0 Å².